The zero-order valence-electron chi connectivity index (χ0n) is 39.3. The molecule has 0 saturated heterocycles. The minimum atomic E-state index is -0.383. The van der Waals surface area contributed by atoms with Crippen LogP contribution in [0.3, 0.4) is 0 Å². The predicted molar refractivity (Wildman–Crippen MR) is 273 cm³/mol. The second-order valence-electron chi connectivity index (χ2n) is 16.1. The lowest BCUT2D eigenvalue weighted by molar-refractivity contribution is -0.140. The first-order valence-electron chi connectivity index (χ1n) is 23.6. The van der Waals surface area contributed by atoms with E-state index in [1.54, 1.807) is 48.6 Å². The average molecular weight is 905 g/mol. The maximum Gasteiger partial charge on any atom is 0.314 e. The summed E-state index contributed by atoms with van der Waals surface area (Å²) in [6.45, 7) is 0. The third kappa shape index (κ3) is 22.3. The highest BCUT2D eigenvalue weighted by atomic mass is 16.6. The maximum atomic E-state index is 13.4. The molecule has 0 bridgehead atoms. The number of allylic oxidation sites excluding steroid dienone is 22. The molecule has 8 heteroatoms. The summed E-state index contributed by atoms with van der Waals surface area (Å²) in [6.07, 6.45) is 58.9. The molecule has 2 unspecified atom stereocenters. The van der Waals surface area contributed by atoms with E-state index in [1.165, 1.54) is 26.4 Å². The minimum Gasteiger partial charge on any atom is -0.493 e. The number of ketones is 2. The van der Waals surface area contributed by atoms with Crippen LogP contribution < -0.4 is 18.9 Å². The Morgan fingerprint density at radius 1 is 0.433 bits per heavy atom. The Kier molecular flexibility index (Phi) is 25.9. The van der Waals surface area contributed by atoms with Gasteiger partial charge >= 0.3 is 11.9 Å². The van der Waals surface area contributed by atoms with E-state index >= 15 is 0 Å². The molecule has 0 aromatic heterocycles. The van der Waals surface area contributed by atoms with Crippen molar-refractivity contribution in [2.45, 2.75) is 96.3 Å². The molecule has 0 fully saturated rings. The van der Waals surface area contributed by atoms with Crippen molar-refractivity contribution in [1.29, 1.82) is 0 Å². The van der Waals surface area contributed by atoms with Gasteiger partial charge in [-0.25, -0.2) is 0 Å². The zero-order chi connectivity index (χ0) is 47.6. The monoisotopic (exact) mass is 904 g/mol. The third-order valence-electron chi connectivity index (χ3n) is 10.8. The Balaban J connectivity index is 1.31. The number of benzene rings is 2. The van der Waals surface area contributed by atoms with Crippen molar-refractivity contribution in [1.82, 2.24) is 0 Å². The molecule has 2 aromatic carbocycles. The van der Waals surface area contributed by atoms with Crippen molar-refractivity contribution < 1.29 is 38.1 Å². The van der Waals surface area contributed by atoms with Gasteiger partial charge in [0, 0.05) is 0 Å². The minimum absolute atomic E-state index is 0.289. The van der Waals surface area contributed by atoms with Gasteiger partial charge in [0.05, 0.1) is 32.5 Å². The van der Waals surface area contributed by atoms with Gasteiger partial charge in [-0.15, -0.1) is 0 Å². The van der Waals surface area contributed by atoms with E-state index in [0.29, 0.717) is 48.3 Å². The number of ether oxygens (including phenoxy) is 4. The van der Waals surface area contributed by atoms with E-state index in [2.05, 4.69) is 109 Å². The van der Waals surface area contributed by atoms with Gasteiger partial charge in [-0.05, 0) is 137 Å². The van der Waals surface area contributed by atoms with E-state index in [9.17, 15) is 19.2 Å². The second-order valence-corrected chi connectivity index (χ2v) is 16.1. The summed E-state index contributed by atoms with van der Waals surface area (Å²) >= 11 is 0. The first-order chi connectivity index (χ1) is 32.9. The summed E-state index contributed by atoms with van der Waals surface area (Å²) in [5.74, 6) is -0.833. The molecule has 0 amide bonds. The highest BCUT2D eigenvalue weighted by molar-refractivity contribution is 6.11. The van der Waals surface area contributed by atoms with Gasteiger partial charge in [0.1, 0.15) is 0 Å². The fourth-order valence-corrected chi connectivity index (χ4v) is 6.98. The molecular weight excluding hydrogens is 837 g/mol. The molecule has 2 atom stereocenters. The second kappa shape index (κ2) is 32.8. The van der Waals surface area contributed by atoms with Gasteiger partial charge in [0.25, 0.3) is 0 Å². The standard InChI is InChI=1S/C59H68O8/c1-64-56-45-48(39-43-54(56)66-58(62)50-33-29-25-21-17-13-9-5-3-6-10-14-18-22-26-30-34-50)37-41-52(60)47-53(61)42-38-49-40-44-55(57(46-49)65-2)67-59(63)51-35-31-27-23-19-15-11-7-4-8-12-16-20-24-28-32-36-51/h3-5,7,10,12-17,19,22,24-29,31,37-46,50-51H,6,8-9,11,18,20-21,23,30,32-36,47H2,1-2H3/b5-3-,7-4-,14-10-,16-12-,17-13-,19-15-,26-22-,28-24-,29-25-,31-27-,41-37+,42-38+. The molecule has 0 aliphatic heterocycles. The van der Waals surface area contributed by atoms with Gasteiger partial charge in [0.2, 0.25) is 0 Å². The topological polar surface area (TPSA) is 105 Å². The van der Waals surface area contributed by atoms with Crippen molar-refractivity contribution >= 4 is 35.7 Å². The average Bonchev–Trinajstić information content (AvgIpc) is 3.33. The van der Waals surface area contributed by atoms with Gasteiger partial charge in [-0.3, -0.25) is 19.2 Å². The fourth-order valence-electron chi connectivity index (χ4n) is 6.98. The molecule has 0 N–H and O–H groups in total. The van der Waals surface area contributed by atoms with Gasteiger partial charge in [-0.1, -0.05) is 146 Å². The van der Waals surface area contributed by atoms with E-state index in [1.807, 2.05) is 12.2 Å². The van der Waals surface area contributed by atoms with Crippen molar-refractivity contribution in [3.8, 4) is 23.0 Å². The number of carbonyl (C=O) groups is 4. The SMILES string of the molecule is COc1cc(/C=C/C(=O)CC(=O)/C=C/c2ccc(OC(=O)C3C/C=C\C/C=C\C/C=C\C/C=C\C/C=C\CC3)c(OC)c2)ccc1OC(=O)C1C/C=C\C/C=C\C/C=C\C/C=C\C/C=C\CC1. The largest absolute Gasteiger partial charge is 0.493 e. The highest BCUT2D eigenvalue weighted by Crippen LogP contribution is 2.32. The Morgan fingerprint density at radius 3 is 1.07 bits per heavy atom. The Bertz CT molecular complexity index is 2090. The summed E-state index contributed by atoms with van der Waals surface area (Å²) in [5, 5.41) is 0. The summed E-state index contributed by atoms with van der Waals surface area (Å²) in [7, 11) is 2.98. The van der Waals surface area contributed by atoms with Crippen LogP contribution in [-0.4, -0.2) is 37.7 Å². The van der Waals surface area contributed by atoms with Crippen molar-refractivity contribution in [3.05, 3.63) is 181 Å². The summed E-state index contributed by atoms with van der Waals surface area (Å²) in [4.78, 5) is 52.6. The van der Waals surface area contributed by atoms with Crippen LogP contribution in [0.2, 0.25) is 0 Å². The first-order valence-corrected chi connectivity index (χ1v) is 23.6. The quantitative estimate of drug-likeness (QED) is 0.0682. The molecule has 0 spiro atoms. The van der Waals surface area contributed by atoms with Crippen LogP contribution in [-0.2, 0) is 19.2 Å². The lowest BCUT2D eigenvalue weighted by Gasteiger charge is -2.15. The summed E-state index contributed by atoms with van der Waals surface area (Å²) in [6, 6.07) is 10.1. The zero-order valence-corrected chi connectivity index (χ0v) is 39.3. The lowest BCUT2D eigenvalue weighted by Crippen LogP contribution is -2.20. The summed E-state index contributed by atoms with van der Waals surface area (Å²) < 4.78 is 22.9. The molecule has 0 heterocycles. The van der Waals surface area contributed by atoms with E-state index in [-0.39, 0.29) is 53.3 Å². The van der Waals surface area contributed by atoms with Gasteiger partial charge < -0.3 is 18.9 Å². The van der Waals surface area contributed by atoms with Crippen molar-refractivity contribution in [3.63, 3.8) is 0 Å². The third-order valence-corrected chi connectivity index (χ3v) is 10.8. The van der Waals surface area contributed by atoms with E-state index < -0.39 is 0 Å². The molecular formula is C59H68O8. The number of hydrogen-bond donors (Lipinski definition) is 0. The number of hydrogen-bond acceptors (Lipinski definition) is 8. The Morgan fingerprint density at radius 2 is 0.746 bits per heavy atom. The van der Waals surface area contributed by atoms with Crippen LogP contribution in [0.5, 0.6) is 23.0 Å². The van der Waals surface area contributed by atoms with Gasteiger partial charge in [-0.2, -0.15) is 0 Å². The van der Waals surface area contributed by atoms with Crippen LogP contribution in [0.15, 0.2) is 170 Å². The van der Waals surface area contributed by atoms with E-state index in [0.717, 1.165) is 64.2 Å². The normalized spacial score (nSPS) is 23.0. The number of methoxy groups -OCH3 is 2. The van der Waals surface area contributed by atoms with Gasteiger partial charge in [0.15, 0.2) is 34.6 Å². The molecule has 4 rings (SSSR count). The van der Waals surface area contributed by atoms with Crippen molar-refractivity contribution in [2.75, 3.05) is 14.2 Å². The van der Waals surface area contributed by atoms with Crippen LogP contribution in [0.25, 0.3) is 12.2 Å². The molecule has 0 radical (unpaired) electrons. The van der Waals surface area contributed by atoms with Crippen LogP contribution in [0.4, 0.5) is 0 Å². The highest BCUT2D eigenvalue weighted by Gasteiger charge is 2.22. The molecule has 352 valence electrons. The van der Waals surface area contributed by atoms with E-state index in [4.69, 9.17) is 18.9 Å². The van der Waals surface area contributed by atoms with Crippen molar-refractivity contribution in [2.24, 2.45) is 11.8 Å². The first kappa shape index (κ1) is 52.8. The Labute approximate surface area is 398 Å². The maximum absolute atomic E-state index is 13.4. The Hall–Kier alpha value is -6.80. The molecule has 2 aliphatic carbocycles. The van der Waals surface area contributed by atoms with Crippen LogP contribution in [0.1, 0.15) is 107 Å². The molecule has 8 nitrogen and oxygen atoms in total. The smallest absolute Gasteiger partial charge is 0.314 e. The number of rotatable bonds is 12. The number of carbonyl (C=O) groups excluding carboxylic acids is 4. The molecule has 2 aliphatic rings. The summed E-state index contributed by atoms with van der Waals surface area (Å²) in [5.41, 5.74) is 1.27. The predicted octanol–water partition coefficient (Wildman–Crippen LogP) is 14.1. The van der Waals surface area contributed by atoms with Crippen LogP contribution in [0, 0.1) is 11.8 Å². The molecule has 0 saturated carbocycles. The lowest BCUT2D eigenvalue weighted by atomic mass is 9.98. The molecule has 2 aromatic rings. The fraction of sp³-hybridized carbons (Fsp3) is 0.322. The number of esters is 2. The molecule has 67 heavy (non-hydrogen) atoms. The van der Waals surface area contributed by atoms with Crippen LogP contribution >= 0.6 is 0 Å².